The largest absolute Gasteiger partial charge is 0.469 e. The van der Waals surface area contributed by atoms with E-state index in [1.54, 1.807) is 0 Å². The van der Waals surface area contributed by atoms with E-state index in [-0.39, 0.29) is 6.61 Å². The van der Waals surface area contributed by atoms with Crippen molar-refractivity contribution in [2.24, 2.45) is 0 Å². The van der Waals surface area contributed by atoms with Crippen LogP contribution in [0.3, 0.4) is 0 Å². The Balaban J connectivity index is 1.53. The van der Waals surface area contributed by atoms with Crippen LogP contribution in [0, 0.1) is 0 Å². The summed E-state index contributed by atoms with van der Waals surface area (Å²) in [5.74, 6) is 1.16. The van der Waals surface area contributed by atoms with Crippen LogP contribution < -0.4 is 4.74 Å². The van der Waals surface area contributed by atoms with Gasteiger partial charge in [0.05, 0.1) is 10.9 Å². The molecule has 0 aliphatic rings. The third-order valence-corrected chi connectivity index (χ3v) is 4.09. The minimum Gasteiger partial charge on any atom is -0.469 e. The average Bonchev–Trinajstić information content (AvgIpc) is 3.09. The Morgan fingerprint density at radius 1 is 1.00 bits per heavy atom. The van der Waals surface area contributed by atoms with Gasteiger partial charge in [-0.1, -0.05) is 45.4 Å². The smallest absolute Gasteiger partial charge is 0.224 e. The van der Waals surface area contributed by atoms with E-state index in [9.17, 15) is 0 Å². The van der Waals surface area contributed by atoms with Gasteiger partial charge >= 0.3 is 0 Å². The van der Waals surface area contributed by atoms with Crippen molar-refractivity contribution >= 4 is 26.8 Å². The van der Waals surface area contributed by atoms with Gasteiger partial charge in [0.25, 0.3) is 0 Å². The number of hydrogen-bond acceptors (Lipinski definition) is 5. The Bertz CT molecular complexity index is 978. The number of nitrogens with zero attached hydrogens (tertiary/aromatic N) is 3. The fraction of sp³-hybridized carbons (Fsp3) is 0.0556. The monoisotopic (exact) mass is 381 g/mol. The molecule has 2 aromatic heterocycles. The van der Waals surface area contributed by atoms with Crippen LogP contribution >= 0.6 is 15.9 Å². The number of rotatable bonds is 4. The van der Waals surface area contributed by atoms with Crippen molar-refractivity contribution < 1.29 is 9.26 Å². The summed E-state index contributed by atoms with van der Waals surface area (Å²) in [6.07, 6.45) is 1.49. The van der Waals surface area contributed by atoms with E-state index in [1.807, 2.05) is 54.6 Å². The summed E-state index contributed by atoms with van der Waals surface area (Å²) in [6, 6.07) is 17.5. The highest BCUT2D eigenvalue weighted by Crippen LogP contribution is 2.24. The summed E-state index contributed by atoms with van der Waals surface area (Å²) in [5, 5.41) is 4.96. The van der Waals surface area contributed by atoms with Gasteiger partial charge in [0.15, 0.2) is 12.4 Å². The lowest BCUT2D eigenvalue weighted by Gasteiger charge is -2.05. The lowest BCUT2D eigenvalue weighted by Crippen LogP contribution is -1.97. The van der Waals surface area contributed by atoms with Crippen molar-refractivity contribution in [2.45, 2.75) is 6.61 Å². The van der Waals surface area contributed by atoms with Crippen molar-refractivity contribution in [1.29, 1.82) is 0 Å². The predicted octanol–water partition coefficient (Wildman–Crippen LogP) is 4.63. The van der Waals surface area contributed by atoms with Gasteiger partial charge in [0, 0.05) is 16.1 Å². The van der Waals surface area contributed by atoms with Crippen LogP contribution in [0.2, 0.25) is 0 Å². The number of aromatic nitrogens is 3. The van der Waals surface area contributed by atoms with Crippen molar-refractivity contribution in [2.75, 3.05) is 0 Å². The van der Waals surface area contributed by atoms with Gasteiger partial charge in [0.1, 0.15) is 12.0 Å². The molecule has 0 saturated heterocycles. The molecule has 0 spiro atoms. The van der Waals surface area contributed by atoms with E-state index < -0.39 is 0 Å². The van der Waals surface area contributed by atoms with Crippen molar-refractivity contribution in [1.82, 2.24) is 15.1 Å². The Hall–Kier alpha value is -2.73. The van der Waals surface area contributed by atoms with E-state index in [0.29, 0.717) is 11.6 Å². The van der Waals surface area contributed by atoms with Gasteiger partial charge in [-0.2, -0.15) is 0 Å². The van der Waals surface area contributed by atoms with Gasteiger partial charge in [-0.25, -0.2) is 9.97 Å². The summed E-state index contributed by atoms with van der Waals surface area (Å²) >= 11 is 3.42. The first kappa shape index (κ1) is 14.8. The number of para-hydroxylation sites is 1. The van der Waals surface area contributed by atoms with E-state index in [0.717, 1.165) is 26.6 Å². The van der Waals surface area contributed by atoms with Gasteiger partial charge in [-0.3, -0.25) is 0 Å². The summed E-state index contributed by atoms with van der Waals surface area (Å²) in [6.45, 7) is 0.254. The third-order valence-electron chi connectivity index (χ3n) is 3.56. The minimum absolute atomic E-state index is 0.254. The molecule has 0 radical (unpaired) electrons. The van der Waals surface area contributed by atoms with Crippen LogP contribution in [0.15, 0.2) is 69.9 Å². The Morgan fingerprint density at radius 2 is 1.83 bits per heavy atom. The molecule has 118 valence electrons. The first-order valence-electron chi connectivity index (χ1n) is 7.34. The van der Waals surface area contributed by atoms with Gasteiger partial charge in [-0.15, -0.1) is 0 Å². The van der Waals surface area contributed by atoms with Crippen LogP contribution in [0.4, 0.5) is 0 Å². The first-order chi connectivity index (χ1) is 11.8. The SMILES string of the molecule is Brc1ccc(-c2cc(COc3ncnc4ccccc34)on2)cc1. The third kappa shape index (κ3) is 3.00. The molecule has 6 heteroatoms. The summed E-state index contributed by atoms with van der Waals surface area (Å²) in [5.41, 5.74) is 2.60. The molecule has 0 atom stereocenters. The quantitative estimate of drug-likeness (QED) is 0.515. The lowest BCUT2D eigenvalue weighted by molar-refractivity contribution is 0.244. The van der Waals surface area contributed by atoms with Crippen molar-refractivity contribution in [3.63, 3.8) is 0 Å². The molecule has 0 amide bonds. The molecule has 4 aromatic rings. The van der Waals surface area contributed by atoms with E-state index >= 15 is 0 Å². The zero-order valence-corrected chi connectivity index (χ0v) is 14.1. The summed E-state index contributed by atoms with van der Waals surface area (Å²) in [4.78, 5) is 8.41. The second-order valence-corrected chi connectivity index (χ2v) is 6.09. The number of benzene rings is 2. The number of ether oxygens (including phenoxy) is 1. The molecule has 2 heterocycles. The molecule has 0 fully saturated rings. The highest BCUT2D eigenvalue weighted by molar-refractivity contribution is 9.10. The molecule has 0 unspecified atom stereocenters. The zero-order chi connectivity index (χ0) is 16.4. The summed E-state index contributed by atoms with van der Waals surface area (Å²) in [7, 11) is 0. The maximum Gasteiger partial charge on any atom is 0.224 e. The maximum atomic E-state index is 5.78. The fourth-order valence-corrected chi connectivity index (χ4v) is 2.64. The van der Waals surface area contributed by atoms with Crippen molar-refractivity contribution in [3.8, 4) is 17.1 Å². The molecule has 0 aliphatic carbocycles. The highest BCUT2D eigenvalue weighted by atomic mass is 79.9. The number of hydrogen-bond donors (Lipinski definition) is 0. The van der Waals surface area contributed by atoms with Crippen LogP contribution in [0.25, 0.3) is 22.2 Å². The molecular formula is C18H12BrN3O2. The van der Waals surface area contributed by atoms with Crippen LogP contribution in [-0.2, 0) is 6.61 Å². The van der Waals surface area contributed by atoms with Crippen molar-refractivity contribution in [3.05, 3.63) is 71.2 Å². The van der Waals surface area contributed by atoms with Crippen LogP contribution in [-0.4, -0.2) is 15.1 Å². The predicted molar refractivity (Wildman–Crippen MR) is 93.5 cm³/mol. The van der Waals surface area contributed by atoms with Gasteiger partial charge in [-0.05, 0) is 24.3 Å². The number of fused-ring (bicyclic) bond motifs is 1. The Morgan fingerprint density at radius 3 is 2.71 bits per heavy atom. The fourth-order valence-electron chi connectivity index (χ4n) is 2.37. The van der Waals surface area contributed by atoms with Crippen LogP contribution in [0.1, 0.15) is 5.76 Å². The standard InChI is InChI=1S/C18H12BrN3O2/c19-13-7-5-12(6-8-13)17-9-14(24-22-17)10-23-18-15-3-1-2-4-16(15)20-11-21-18/h1-9,11H,10H2. The second kappa shape index (κ2) is 6.41. The molecule has 0 bridgehead atoms. The molecule has 5 nitrogen and oxygen atoms in total. The van der Waals surface area contributed by atoms with E-state index in [1.165, 1.54) is 6.33 Å². The zero-order valence-electron chi connectivity index (χ0n) is 12.5. The van der Waals surface area contributed by atoms with Crippen LogP contribution in [0.5, 0.6) is 5.88 Å². The first-order valence-corrected chi connectivity index (χ1v) is 8.13. The van der Waals surface area contributed by atoms with E-state index in [2.05, 4.69) is 31.1 Å². The topological polar surface area (TPSA) is 61.0 Å². The molecule has 4 rings (SSSR count). The Labute approximate surface area is 146 Å². The molecular weight excluding hydrogens is 370 g/mol. The highest BCUT2D eigenvalue weighted by Gasteiger charge is 2.09. The second-order valence-electron chi connectivity index (χ2n) is 5.17. The van der Waals surface area contributed by atoms with Gasteiger partial charge < -0.3 is 9.26 Å². The Kier molecular flexibility index (Phi) is 3.96. The molecule has 24 heavy (non-hydrogen) atoms. The molecule has 0 saturated carbocycles. The van der Waals surface area contributed by atoms with E-state index in [4.69, 9.17) is 9.26 Å². The maximum absolute atomic E-state index is 5.78. The number of halogens is 1. The molecule has 2 aromatic carbocycles. The normalized spacial score (nSPS) is 10.9. The van der Waals surface area contributed by atoms with Gasteiger partial charge in [0.2, 0.25) is 5.88 Å². The average molecular weight is 382 g/mol. The lowest BCUT2D eigenvalue weighted by atomic mass is 10.1. The molecule has 0 N–H and O–H groups in total. The minimum atomic E-state index is 0.254. The summed E-state index contributed by atoms with van der Waals surface area (Å²) < 4.78 is 12.2. The molecule has 0 aliphatic heterocycles.